The van der Waals surface area contributed by atoms with Crippen LogP contribution in [-0.2, 0) is 16.0 Å². The van der Waals surface area contributed by atoms with Crippen molar-refractivity contribution < 1.29 is 19.1 Å². The zero-order valence-corrected chi connectivity index (χ0v) is 17.0. The van der Waals surface area contributed by atoms with Crippen molar-refractivity contribution in [3.63, 3.8) is 0 Å². The van der Waals surface area contributed by atoms with Crippen LogP contribution in [0.5, 0.6) is 11.5 Å². The second-order valence-electron chi connectivity index (χ2n) is 7.88. The van der Waals surface area contributed by atoms with Crippen molar-refractivity contribution >= 4 is 11.8 Å². The number of likely N-dealkylation sites (tertiary alicyclic amines) is 1. The van der Waals surface area contributed by atoms with Crippen LogP contribution in [0.3, 0.4) is 0 Å². The third-order valence-electron chi connectivity index (χ3n) is 5.91. The van der Waals surface area contributed by atoms with Crippen LogP contribution in [0.2, 0.25) is 0 Å². The summed E-state index contributed by atoms with van der Waals surface area (Å²) in [6.45, 7) is 1.13. The van der Waals surface area contributed by atoms with Crippen molar-refractivity contribution in [3.05, 3.63) is 23.8 Å². The molecule has 1 saturated heterocycles. The molecule has 0 bridgehead atoms. The zero-order valence-electron chi connectivity index (χ0n) is 17.0. The maximum Gasteiger partial charge on any atom is 0.225 e. The van der Waals surface area contributed by atoms with Gasteiger partial charge in [-0.05, 0) is 37.0 Å². The molecule has 154 valence electrons. The van der Waals surface area contributed by atoms with Gasteiger partial charge in [-0.15, -0.1) is 0 Å². The highest BCUT2D eigenvalue weighted by Gasteiger charge is 2.34. The van der Waals surface area contributed by atoms with Gasteiger partial charge in [0.05, 0.1) is 20.1 Å². The standard InChI is InChI=1S/C22H32N2O4/c1-27-19-10-9-16(13-20(19)28-2)11-12-24-15-17(14-21(24)25)22(26)23-18-7-5-3-4-6-8-18/h9-10,13,17-18H,3-8,11-12,14-15H2,1-2H3,(H,23,26)/t17-/m0/s1. The van der Waals surface area contributed by atoms with E-state index in [1.165, 1.54) is 25.7 Å². The van der Waals surface area contributed by atoms with Gasteiger partial charge < -0.3 is 19.7 Å². The minimum Gasteiger partial charge on any atom is -0.493 e. The molecule has 2 aliphatic rings. The minimum absolute atomic E-state index is 0.0499. The van der Waals surface area contributed by atoms with Crippen molar-refractivity contribution in [2.75, 3.05) is 27.3 Å². The molecule has 1 N–H and O–H groups in total. The summed E-state index contributed by atoms with van der Waals surface area (Å²) >= 11 is 0. The molecule has 1 saturated carbocycles. The van der Waals surface area contributed by atoms with Crippen molar-refractivity contribution in [1.29, 1.82) is 0 Å². The Morgan fingerprint density at radius 3 is 2.50 bits per heavy atom. The number of nitrogens with zero attached hydrogens (tertiary/aromatic N) is 1. The molecule has 1 aromatic rings. The van der Waals surface area contributed by atoms with Crippen LogP contribution in [0.1, 0.15) is 50.5 Å². The number of carbonyl (C=O) groups is 2. The summed E-state index contributed by atoms with van der Waals surface area (Å²) in [6, 6.07) is 6.09. The van der Waals surface area contributed by atoms with E-state index in [9.17, 15) is 9.59 Å². The second kappa shape index (κ2) is 9.80. The molecule has 1 atom stereocenters. The fourth-order valence-electron chi connectivity index (χ4n) is 4.21. The average Bonchev–Trinajstić information content (AvgIpc) is 2.90. The highest BCUT2D eigenvalue weighted by Crippen LogP contribution is 2.28. The van der Waals surface area contributed by atoms with Gasteiger partial charge >= 0.3 is 0 Å². The van der Waals surface area contributed by atoms with Gasteiger partial charge in [-0.25, -0.2) is 0 Å². The first-order valence-corrected chi connectivity index (χ1v) is 10.4. The Morgan fingerprint density at radius 2 is 1.82 bits per heavy atom. The number of methoxy groups -OCH3 is 2. The maximum absolute atomic E-state index is 12.6. The average molecular weight is 389 g/mol. The van der Waals surface area contributed by atoms with E-state index in [1.54, 1.807) is 14.2 Å². The van der Waals surface area contributed by atoms with Gasteiger partial charge in [-0.2, -0.15) is 0 Å². The SMILES string of the molecule is COc1ccc(CCN2C[C@@H](C(=O)NC3CCCCCC3)CC2=O)cc1OC. The Hall–Kier alpha value is -2.24. The number of hydrogen-bond acceptors (Lipinski definition) is 4. The molecule has 6 nitrogen and oxygen atoms in total. The third-order valence-corrected chi connectivity index (χ3v) is 5.91. The van der Waals surface area contributed by atoms with Crippen LogP contribution in [-0.4, -0.2) is 50.1 Å². The lowest BCUT2D eigenvalue weighted by Gasteiger charge is -2.20. The molecule has 0 aromatic heterocycles. The van der Waals surface area contributed by atoms with E-state index in [2.05, 4.69) is 5.32 Å². The molecule has 1 heterocycles. The number of carbonyl (C=O) groups excluding carboxylic acids is 2. The Balaban J connectivity index is 1.51. The zero-order chi connectivity index (χ0) is 19.9. The first-order valence-electron chi connectivity index (χ1n) is 10.4. The van der Waals surface area contributed by atoms with Gasteiger partial charge in [0.25, 0.3) is 0 Å². The van der Waals surface area contributed by atoms with Crippen LogP contribution < -0.4 is 14.8 Å². The van der Waals surface area contributed by atoms with Crippen molar-refractivity contribution in [2.45, 2.75) is 57.4 Å². The summed E-state index contributed by atoms with van der Waals surface area (Å²) in [7, 11) is 3.23. The van der Waals surface area contributed by atoms with Crippen LogP contribution in [0.25, 0.3) is 0 Å². The molecule has 0 spiro atoms. The van der Waals surface area contributed by atoms with Crippen molar-refractivity contribution in [3.8, 4) is 11.5 Å². The summed E-state index contributed by atoms with van der Waals surface area (Å²) < 4.78 is 10.6. The number of benzene rings is 1. The van der Waals surface area contributed by atoms with Gasteiger partial charge in [-0.1, -0.05) is 31.7 Å². The first kappa shape index (κ1) is 20.5. The van der Waals surface area contributed by atoms with E-state index in [-0.39, 0.29) is 23.8 Å². The predicted molar refractivity (Wildman–Crippen MR) is 108 cm³/mol. The summed E-state index contributed by atoms with van der Waals surface area (Å²) in [5.41, 5.74) is 1.08. The van der Waals surface area contributed by atoms with E-state index < -0.39 is 0 Å². The van der Waals surface area contributed by atoms with Gasteiger partial charge in [0.15, 0.2) is 11.5 Å². The summed E-state index contributed by atoms with van der Waals surface area (Å²) in [6.07, 6.45) is 8.08. The molecule has 2 amide bonds. The van der Waals surface area contributed by atoms with E-state index in [0.29, 0.717) is 31.0 Å². The molecule has 3 rings (SSSR count). The topological polar surface area (TPSA) is 67.9 Å². The third kappa shape index (κ3) is 5.18. The highest BCUT2D eigenvalue weighted by molar-refractivity contribution is 5.89. The van der Waals surface area contributed by atoms with Crippen LogP contribution >= 0.6 is 0 Å². The lowest BCUT2D eigenvalue weighted by Crippen LogP contribution is -2.39. The fraction of sp³-hybridized carbons (Fsp3) is 0.636. The summed E-state index contributed by atoms with van der Waals surface area (Å²) in [5.74, 6) is 1.28. The van der Waals surface area contributed by atoms with Gasteiger partial charge in [0, 0.05) is 25.6 Å². The van der Waals surface area contributed by atoms with Crippen LogP contribution in [0, 0.1) is 5.92 Å². The highest BCUT2D eigenvalue weighted by atomic mass is 16.5. The molecular weight excluding hydrogens is 356 g/mol. The number of hydrogen-bond donors (Lipinski definition) is 1. The Morgan fingerprint density at radius 1 is 1.11 bits per heavy atom. The monoisotopic (exact) mass is 388 g/mol. The first-order chi connectivity index (χ1) is 13.6. The molecule has 1 aliphatic carbocycles. The number of ether oxygens (including phenoxy) is 2. The maximum atomic E-state index is 12.6. The molecule has 2 fully saturated rings. The van der Waals surface area contributed by atoms with Crippen molar-refractivity contribution in [1.82, 2.24) is 10.2 Å². The summed E-state index contributed by atoms with van der Waals surface area (Å²) in [5, 5.41) is 3.20. The van der Waals surface area contributed by atoms with E-state index >= 15 is 0 Å². The van der Waals surface area contributed by atoms with E-state index in [4.69, 9.17) is 9.47 Å². The number of nitrogens with one attached hydrogen (secondary N) is 1. The Kier molecular flexibility index (Phi) is 7.18. The molecular formula is C22H32N2O4. The molecule has 0 radical (unpaired) electrons. The summed E-state index contributed by atoms with van der Waals surface area (Å²) in [4.78, 5) is 26.8. The second-order valence-corrected chi connectivity index (χ2v) is 7.88. The van der Waals surface area contributed by atoms with E-state index in [0.717, 1.165) is 24.8 Å². The normalized spacial score (nSPS) is 20.7. The molecule has 1 aliphatic heterocycles. The van der Waals surface area contributed by atoms with Crippen LogP contribution in [0.15, 0.2) is 18.2 Å². The molecule has 28 heavy (non-hydrogen) atoms. The quantitative estimate of drug-likeness (QED) is 0.730. The lowest BCUT2D eigenvalue weighted by molar-refractivity contribution is -0.129. The van der Waals surface area contributed by atoms with Gasteiger partial charge in [-0.3, -0.25) is 9.59 Å². The lowest BCUT2D eigenvalue weighted by atomic mass is 10.0. The predicted octanol–water partition coefficient (Wildman–Crippen LogP) is 2.93. The largest absolute Gasteiger partial charge is 0.493 e. The van der Waals surface area contributed by atoms with E-state index in [1.807, 2.05) is 23.1 Å². The molecule has 6 heteroatoms. The molecule has 0 unspecified atom stereocenters. The Labute approximate surface area is 167 Å². The number of rotatable bonds is 7. The molecule has 1 aromatic carbocycles. The van der Waals surface area contributed by atoms with Crippen LogP contribution in [0.4, 0.5) is 0 Å². The van der Waals surface area contributed by atoms with Crippen molar-refractivity contribution in [2.24, 2.45) is 5.92 Å². The Bertz CT molecular complexity index is 683. The number of amides is 2. The fourth-order valence-corrected chi connectivity index (χ4v) is 4.21. The smallest absolute Gasteiger partial charge is 0.225 e. The minimum atomic E-state index is -0.221. The van der Waals surface area contributed by atoms with Gasteiger partial charge in [0.1, 0.15) is 0 Å². The van der Waals surface area contributed by atoms with Gasteiger partial charge in [0.2, 0.25) is 11.8 Å².